The average molecular weight is 761 g/mol. The zero-order chi connectivity index (χ0) is 38.6. The summed E-state index contributed by atoms with van der Waals surface area (Å²) >= 11 is 0. The first kappa shape index (κ1) is 40.6. The van der Waals surface area contributed by atoms with Crippen LogP contribution in [0.25, 0.3) is 0 Å². The highest BCUT2D eigenvalue weighted by molar-refractivity contribution is 5.81. The van der Waals surface area contributed by atoms with E-state index in [9.17, 15) is 14.4 Å². The summed E-state index contributed by atoms with van der Waals surface area (Å²) in [6.45, 7) is 12.5. The molecule has 0 radical (unpaired) electrons. The summed E-state index contributed by atoms with van der Waals surface area (Å²) in [7, 11) is 5.81. The van der Waals surface area contributed by atoms with E-state index in [-0.39, 0.29) is 31.1 Å². The Morgan fingerprint density at radius 2 is 0.906 bits per heavy atom. The second kappa shape index (κ2) is 15.5. The monoisotopic (exact) mass is 760 g/mol. The van der Waals surface area contributed by atoms with Crippen LogP contribution in [0.5, 0.6) is 0 Å². The van der Waals surface area contributed by atoms with Gasteiger partial charge in [0.2, 0.25) is 11.8 Å². The van der Waals surface area contributed by atoms with Crippen LogP contribution < -0.4 is 10.6 Å². The lowest BCUT2D eigenvalue weighted by Crippen LogP contribution is -2.55. The van der Waals surface area contributed by atoms with Crippen LogP contribution in [0, 0.1) is 5.92 Å². The van der Waals surface area contributed by atoms with Crippen molar-refractivity contribution in [2.75, 3.05) is 28.4 Å². The molecule has 6 rings (SSSR count). The zero-order valence-corrected chi connectivity index (χ0v) is 32.3. The van der Waals surface area contributed by atoms with E-state index in [1.54, 1.807) is 48.7 Å². The molecule has 302 valence electrons. The normalized spacial score (nSPS) is 40.6. The minimum Gasteiger partial charge on any atom is -0.469 e. The summed E-state index contributed by atoms with van der Waals surface area (Å²) in [6, 6.07) is -1.84. The molecule has 6 aliphatic rings. The molecule has 0 bridgehead atoms. The Hall–Kier alpha value is -2.07. The number of nitrogens with one attached hydrogen (secondary N) is 2. The average Bonchev–Trinajstić information content (AvgIpc) is 3.86. The number of esters is 1. The fourth-order valence-corrected chi connectivity index (χ4v) is 8.32. The number of ether oxygens (including phenoxy) is 13. The molecular weight excluding hydrogens is 704 g/mol. The van der Waals surface area contributed by atoms with E-state index in [1.807, 2.05) is 6.92 Å². The molecule has 3 unspecified atom stereocenters. The molecule has 18 nitrogen and oxygen atoms in total. The molecule has 6 saturated heterocycles. The summed E-state index contributed by atoms with van der Waals surface area (Å²) in [5.74, 6) is -4.48. The van der Waals surface area contributed by atoms with E-state index >= 15 is 0 Å². The molecule has 15 atom stereocenters. The van der Waals surface area contributed by atoms with Gasteiger partial charge < -0.3 is 72.2 Å². The number of carbonyl (C=O) groups is 3. The van der Waals surface area contributed by atoms with Crippen LogP contribution in [0.3, 0.4) is 0 Å². The molecular formula is C35H56N2O16. The first-order chi connectivity index (χ1) is 24.9. The molecule has 6 aliphatic heterocycles. The lowest BCUT2D eigenvalue weighted by molar-refractivity contribution is -0.222. The van der Waals surface area contributed by atoms with E-state index in [1.165, 1.54) is 21.3 Å². The third kappa shape index (κ3) is 8.53. The van der Waals surface area contributed by atoms with Gasteiger partial charge in [-0.1, -0.05) is 6.92 Å². The Balaban J connectivity index is 1.17. The van der Waals surface area contributed by atoms with Crippen molar-refractivity contribution in [3.8, 4) is 0 Å². The molecule has 0 saturated carbocycles. The SMILES string of the molecule is COC(=O)CC(NC(=O)CC(NC(=O)CC(C)[C@@H]1O[C@@H]2OC(C)(C)O[C@@H]2[C@H]1OC)[C@H]1O[C@@H]2OC(C)(C)O[C@@H]2[C@H]1OC)[C@@H]1O[C@@H]2OC(C)(C)O[C@@H]2[C@H]1OC. The molecule has 2 amide bonds. The number of methoxy groups -OCH3 is 4. The van der Waals surface area contributed by atoms with Crippen molar-refractivity contribution in [1.82, 2.24) is 10.6 Å². The summed E-state index contributed by atoms with van der Waals surface area (Å²) in [5, 5.41) is 5.93. The van der Waals surface area contributed by atoms with Gasteiger partial charge in [0.1, 0.15) is 48.8 Å². The Bertz CT molecular complexity index is 1350. The van der Waals surface area contributed by atoms with Gasteiger partial charge in [0.25, 0.3) is 0 Å². The highest BCUT2D eigenvalue weighted by Gasteiger charge is 2.60. The van der Waals surface area contributed by atoms with Gasteiger partial charge in [-0.05, 0) is 47.5 Å². The van der Waals surface area contributed by atoms with Crippen molar-refractivity contribution in [1.29, 1.82) is 0 Å². The molecule has 18 heteroatoms. The maximum atomic E-state index is 14.0. The Kier molecular flexibility index (Phi) is 11.8. The number of hydrogen-bond acceptors (Lipinski definition) is 16. The smallest absolute Gasteiger partial charge is 0.307 e. The largest absolute Gasteiger partial charge is 0.469 e. The molecule has 2 N–H and O–H groups in total. The van der Waals surface area contributed by atoms with E-state index in [0.29, 0.717) is 0 Å². The first-order valence-corrected chi connectivity index (χ1v) is 18.1. The van der Waals surface area contributed by atoms with Crippen molar-refractivity contribution in [2.45, 2.75) is 171 Å². The predicted octanol–water partition coefficient (Wildman–Crippen LogP) is 0.610. The van der Waals surface area contributed by atoms with Gasteiger partial charge in [0.15, 0.2) is 36.2 Å². The minimum atomic E-state index is -0.927. The summed E-state index contributed by atoms with van der Waals surface area (Å²) in [5.41, 5.74) is 0. The van der Waals surface area contributed by atoms with Crippen LogP contribution >= 0.6 is 0 Å². The standard InChI is InChI=1S/C35H56N2O16/c1-15(21-24(42-9)27-30(45-21)51-33(2,3)48-27)12-18(38)36-16(22-25(43-10)28-31(46-22)52-34(4,5)49-28)13-19(39)37-17(14-20(40)41-8)23-26(44-11)29-32(47-23)53-35(6,7)50-29/h15-17,21-32H,12-14H2,1-11H3,(H,36,38)(H,37,39)/t15?,16?,17?,21-,22+,23-,24-,25-,26-,27+,28+,29+,30+,31+,32+/m0/s1. The van der Waals surface area contributed by atoms with Gasteiger partial charge in [-0.15, -0.1) is 0 Å². The lowest BCUT2D eigenvalue weighted by atomic mass is 9.94. The number of amides is 2. The van der Waals surface area contributed by atoms with Gasteiger partial charge in [-0.25, -0.2) is 0 Å². The van der Waals surface area contributed by atoms with Crippen LogP contribution in [0.15, 0.2) is 0 Å². The maximum absolute atomic E-state index is 14.0. The summed E-state index contributed by atoms with van der Waals surface area (Å²) < 4.78 is 76.8. The van der Waals surface area contributed by atoms with E-state index < -0.39 is 115 Å². The summed E-state index contributed by atoms with van der Waals surface area (Å²) in [6.07, 6.45) is -8.45. The zero-order valence-electron chi connectivity index (χ0n) is 32.3. The van der Waals surface area contributed by atoms with Gasteiger partial charge in [-0.2, -0.15) is 0 Å². The fraction of sp³-hybridized carbons (Fsp3) is 0.914. The second-order valence-electron chi connectivity index (χ2n) is 15.8. The van der Waals surface area contributed by atoms with Crippen LogP contribution in [0.2, 0.25) is 0 Å². The van der Waals surface area contributed by atoms with Crippen molar-refractivity contribution >= 4 is 17.8 Å². The van der Waals surface area contributed by atoms with Crippen LogP contribution in [0.4, 0.5) is 0 Å². The molecule has 0 aliphatic carbocycles. The van der Waals surface area contributed by atoms with Crippen molar-refractivity contribution in [3.05, 3.63) is 0 Å². The molecule has 6 fully saturated rings. The lowest BCUT2D eigenvalue weighted by Gasteiger charge is -2.33. The molecule has 0 aromatic heterocycles. The third-order valence-electron chi connectivity index (χ3n) is 10.5. The highest BCUT2D eigenvalue weighted by Crippen LogP contribution is 2.43. The topological polar surface area (TPSA) is 195 Å². The minimum absolute atomic E-state index is 0.0122. The number of fused-ring (bicyclic) bond motifs is 3. The molecule has 53 heavy (non-hydrogen) atoms. The fourth-order valence-electron chi connectivity index (χ4n) is 8.32. The van der Waals surface area contributed by atoms with Crippen LogP contribution in [0.1, 0.15) is 67.7 Å². The highest BCUT2D eigenvalue weighted by atomic mass is 16.9. The quantitative estimate of drug-likeness (QED) is 0.234. The summed E-state index contributed by atoms with van der Waals surface area (Å²) in [4.78, 5) is 40.4. The van der Waals surface area contributed by atoms with Gasteiger partial charge in [0, 0.05) is 34.2 Å². The molecule has 0 spiro atoms. The van der Waals surface area contributed by atoms with Gasteiger partial charge in [0.05, 0.1) is 31.7 Å². The number of hydrogen-bond donors (Lipinski definition) is 2. The Labute approximate surface area is 309 Å². The second-order valence-corrected chi connectivity index (χ2v) is 15.8. The molecule has 0 aromatic rings. The van der Waals surface area contributed by atoms with E-state index in [0.717, 1.165) is 0 Å². The predicted molar refractivity (Wildman–Crippen MR) is 177 cm³/mol. The van der Waals surface area contributed by atoms with E-state index in [2.05, 4.69) is 10.6 Å². The van der Waals surface area contributed by atoms with E-state index in [4.69, 9.17) is 61.6 Å². The van der Waals surface area contributed by atoms with Gasteiger partial charge in [-0.3, -0.25) is 14.4 Å². The molecule has 0 aromatic carbocycles. The van der Waals surface area contributed by atoms with Crippen molar-refractivity contribution in [3.63, 3.8) is 0 Å². The first-order valence-electron chi connectivity index (χ1n) is 18.1. The van der Waals surface area contributed by atoms with Crippen molar-refractivity contribution < 1.29 is 76.0 Å². The number of rotatable bonds is 14. The Morgan fingerprint density at radius 1 is 0.547 bits per heavy atom. The third-order valence-corrected chi connectivity index (χ3v) is 10.5. The maximum Gasteiger partial charge on any atom is 0.307 e. The van der Waals surface area contributed by atoms with Crippen LogP contribution in [-0.4, -0.2) is 149 Å². The van der Waals surface area contributed by atoms with Crippen LogP contribution in [-0.2, 0) is 76.0 Å². The molecule has 6 heterocycles. The number of carbonyl (C=O) groups excluding carboxylic acids is 3. The van der Waals surface area contributed by atoms with Gasteiger partial charge >= 0.3 is 5.97 Å². The Morgan fingerprint density at radius 3 is 1.30 bits per heavy atom. The van der Waals surface area contributed by atoms with Crippen molar-refractivity contribution in [2.24, 2.45) is 5.92 Å².